The number of fused-ring (bicyclic) bond motifs is 2. The first-order valence-corrected chi connectivity index (χ1v) is 8.82. The van der Waals surface area contributed by atoms with Gasteiger partial charge >= 0.3 is 0 Å². The van der Waals surface area contributed by atoms with Crippen molar-refractivity contribution in [3.63, 3.8) is 0 Å². The van der Waals surface area contributed by atoms with Crippen LogP contribution in [-0.4, -0.2) is 24.8 Å². The summed E-state index contributed by atoms with van der Waals surface area (Å²) in [5.41, 5.74) is 2.54. The van der Waals surface area contributed by atoms with Crippen LogP contribution in [0.4, 0.5) is 0 Å². The van der Waals surface area contributed by atoms with Gasteiger partial charge < -0.3 is 0 Å². The van der Waals surface area contributed by atoms with Gasteiger partial charge in [-0.3, -0.25) is 0 Å². The first-order chi connectivity index (χ1) is 12.3. The molecular formula is C18H10ClN5S. The third kappa shape index (κ3) is 2.38. The van der Waals surface area contributed by atoms with E-state index in [-0.39, 0.29) is 0 Å². The van der Waals surface area contributed by atoms with E-state index in [0.29, 0.717) is 15.8 Å². The third-order valence-electron chi connectivity index (χ3n) is 3.92. The lowest BCUT2D eigenvalue weighted by molar-refractivity contribution is 0.964. The number of hydrogen-bond donors (Lipinski definition) is 0. The van der Waals surface area contributed by atoms with E-state index in [1.807, 2.05) is 60.7 Å². The standard InChI is InChI=1S/C18H10ClN5S/c19-13-7-3-2-6-12(13)17-23-24-16(21-22-18(24)25-17)15-10-9-11-5-1-4-8-14(11)20-15/h1-10H. The van der Waals surface area contributed by atoms with Gasteiger partial charge in [-0.2, -0.15) is 9.61 Å². The molecule has 0 aliphatic rings. The zero-order valence-corrected chi connectivity index (χ0v) is 14.4. The Bertz CT molecular complexity index is 1230. The maximum absolute atomic E-state index is 6.28. The molecule has 0 spiro atoms. The molecule has 0 saturated heterocycles. The lowest BCUT2D eigenvalue weighted by Gasteiger charge is -2.00. The molecule has 0 amide bonds. The molecule has 0 saturated carbocycles. The first-order valence-electron chi connectivity index (χ1n) is 7.63. The normalized spacial score (nSPS) is 11.4. The fourth-order valence-corrected chi connectivity index (χ4v) is 3.87. The molecule has 5 aromatic rings. The van der Waals surface area contributed by atoms with Gasteiger partial charge in [-0.15, -0.1) is 10.2 Å². The van der Waals surface area contributed by atoms with Crippen LogP contribution in [0.15, 0.2) is 60.7 Å². The lowest BCUT2D eigenvalue weighted by atomic mass is 10.2. The summed E-state index contributed by atoms with van der Waals surface area (Å²) in [6.45, 7) is 0. The lowest BCUT2D eigenvalue weighted by Crippen LogP contribution is -1.94. The maximum atomic E-state index is 6.28. The Balaban J connectivity index is 1.67. The van der Waals surface area contributed by atoms with Crippen LogP contribution >= 0.6 is 22.9 Å². The number of nitrogens with zero attached hydrogens (tertiary/aromatic N) is 5. The van der Waals surface area contributed by atoms with E-state index in [9.17, 15) is 0 Å². The summed E-state index contributed by atoms with van der Waals surface area (Å²) < 4.78 is 1.72. The molecular weight excluding hydrogens is 354 g/mol. The van der Waals surface area contributed by atoms with Gasteiger partial charge in [0.05, 0.1) is 10.5 Å². The minimum absolute atomic E-state index is 0.621. The Morgan fingerprint density at radius 3 is 2.64 bits per heavy atom. The van der Waals surface area contributed by atoms with Crippen LogP contribution in [0, 0.1) is 0 Å². The Morgan fingerprint density at radius 1 is 0.880 bits per heavy atom. The fourth-order valence-electron chi connectivity index (χ4n) is 2.71. The SMILES string of the molecule is Clc1ccccc1-c1nn2c(-c3ccc4ccccc4n3)nnc2s1. The smallest absolute Gasteiger partial charge is 0.235 e. The van der Waals surface area contributed by atoms with Crippen molar-refractivity contribution in [1.29, 1.82) is 0 Å². The highest BCUT2D eigenvalue weighted by Crippen LogP contribution is 2.32. The maximum Gasteiger partial charge on any atom is 0.235 e. The number of rotatable bonds is 2. The molecule has 0 N–H and O–H groups in total. The number of hydrogen-bond acceptors (Lipinski definition) is 5. The van der Waals surface area contributed by atoms with Crippen LogP contribution in [0.3, 0.4) is 0 Å². The van der Waals surface area contributed by atoms with Crippen LogP contribution in [0.5, 0.6) is 0 Å². The monoisotopic (exact) mass is 363 g/mol. The molecule has 0 radical (unpaired) electrons. The van der Waals surface area contributed by atoms with Crippen molar-refractivity contribution >= 4 is 38.8 Å². The Morgan fingerprint density at radius 2 is 1.72 bits per heavy atom. The van der Waals surface area contributed by atoms with Crippen LogP contribution in [0.25, 0.3) is 38.0 Å². The van der Waals surface area contributed by atoms with E-state index < -0.39 is 0 Å². The number of aromatic nitrogens is 5. The van der Waals surface area contributed by atoms with Crippen molar-refractivity contribution in [2.45, 2.75) is 0 Å². The second kappa shape index (κ2) is 5.61. The molecule has 0 bridgehead atoms. The zero-order chi connectivity index (χ0) is 16.8. The summed E-state index contributed by atoms with van der Waals surface area (Å²) in [7, 11) is 0. The van der Waals surface area contributed by atoms with Gasteiger partial charge in [0.15, 0.2) is 0 Å². The van der Waals surface area contributed by atoms with Gasteiger partial charge in [0.25, 0.3) is 0 Å². The Labute approximate surface area is 151 Å². The molecule has 0 atom stereocenters. The van der Waals surface area contributed by atoms with Crippen molar-refractivity contribution in [2.24, 2.45) is 0 Å². The van der Waals surface area contributed by atoms with Crippen molar-refractivity contribution in [3.8, 4) is 22.1 Å². The fraction of sp³-hybridized carbons (Fsp3) is 0. The minimum Gasteiger partial charge on any atom is -0.244 e. The number of para-hydroxylation sites is 1. The molecule has 5 nitrogen and oxygen atoms in total. The topological polar surface area (TPSA) is 56.0 Å². The second-order valence-corrected chi connectivity index (χ2v) is 6.86. The van der Waals surface area contributed by atoms with E-state index in [1.54, 1.807) is 4.52 Å². The summed E-state index contributed by atoms with van der Waals surface area (Å²) in [5, 5.41) is 15.7. The molecule has 5 rings (SSSR count). The predicted molar refractivity (Wildman–Crippen MR) is 99.8 cm³/mol. The third-order valence-corrected chi connectivity index (χ3v) is 5.18. The van der Waals surface area contributed by atoms with Crippen molar-refractivity contribution in [3.05, 3.63) is 65.7 Å². The van der Waals surface area contributed by atoms with Crippen LogP contribution < -0.4 is 0 Å². The molecule has 0 fully saturated rings. The highest BCUT2D eigenvalue weighted by atomic mass is 35.5. The average molecular weight is 364 g/mol. The molecule has 0 aliphatic carbocycles. The van der Waals surface area contributed by atoms with E-state index in [1.165, 1.54) is 11.3 Å². The van der Waals surface area contributed by atoms with Crippen LogP contribution in [0.1, 0.15) is 0 Å². The van der Waals surface area contributed by atoms with Crippen LogP contribution in [0.2, 0.25) is 5.02 Å². The predicted octanol–water partition coefficient (Wildman–Crippen LogP) is 4.72. The summed E-state index contributed by atoms with van der Waals surface area (Å²) in [6.07, 6.45) is 0. The van der Waals surface area contributed by atoms with Gasteiger partial charge in [-0.1, -0.05) is 65.4 Å². The van der Waals surface area contributed by atoms with E-state index in [2.05, 4.69) is 20.3 Å². The van der Waals surface area contributed by atoms with Gasteiger partial charge in [-0.25, -0.2) is 4.98 Å². The summed E-state index contributed by atoms with van der Waals surface area (Å²) in [5.74, 6) is 0.621. The number of pyridine rings is 1. The molecule has 2 aromatic carbocycles. The van der Waals surface area contributed by atoms with E-state index in [0.717, 1.165) is 27.2 Å². The molecule has 3 heterocycles. The number of benzene rings is 2. The molecule has 3 aromatic heterocycles. The van der Waals surface area contributed by atoms with E-state index >= 15 is 0 Å². The molecule has 0 aliphatic heterocycles. The zero-order valence-electron chi connectivity index (χ0n) is 12.8. The second-order valence-electron chi connectivity index (χ2n) is 5.49. The quantitative estimate of drug-likeness (QED) is 0.455. The Kier molecular flexibility index (Phi) is 3.26. The van der Waals surface area contributed by atoms with Crippen LogP contribution in [-0.2, 0) is 0 Å². The van der Waals surface area contributed by atoms with Gasteiger partial charge in [0.2, 0.25) is 10.8 Å². The van der Waals surface area contributed by atoms with Gasteiger partial charge in [0.1, 0.15) is 10.7 Å². The molecule has 120 valence electrons. The van der Waals surface area contributed by atoms with Crippen molar-refractivity contribution in [1.82, 2.24) is 24.8 Å². The Hall–Kier alpha value is -2.83. The van der Waals surface area contributed by atoms with E-state index in [4.69, 9.17) is 11.6 Å². The highest BCUT2D eigenvalue weighted by molar-refractivity contribution is 7.19. The molecule has 7 heteroatoms. The average Bonchev–Trinajstić information content (AvgIpc) is 3.22. The van der Waals surface area contributed by atoms with Crippen molar-refractivity contribution in [2.75, 3.05) is 0 Å². The first kappa shape index (κ1) is 14.5. The minimum atomic E-state index is 0.621. The largest absolute Gasteiger partial charge is 0.244 e. The highest BCUT2D eigenvalue weighted by Gasteiger charge is 2.16. The summed E-state index contributed by atoms with van der Waals surface area (Å²) in [4.78, 5) is 5.39. The molecule has 0 unspecified atom stereocenters. The van der Waals surface area contributed by atoms with Gasteiger partial charge in [-0.05, 0) is 18.2 Å². The molecule has 25 heavy (non-hydrogen) atoms. The number of halogens is 1. The van der Waals surface area contributed by atoms with Crippen molar-refractivity contribution < 1.29 is 0 Å². The van der Waals surface area contributed by atoms with Gasteiger partial charge in [0, 0.05) is 10.9 Å². The summed E-state index contributed by atoms with van der Waals surface area (Å²) in [6, 6.07) is 19.6. The summed E-state index contributed by atoms with van der Waals surface area (Å²) >= 11 is 7.73.